The largest absolute Gasteiger partial charge is 0.478 e. The number of nitrogens with one attached hydrogen (secondary N) is 2. The molecule has 0 aliphatic rings. The van der Waals surface area contributed by atoms with Crippen molar-refractivity contribution in [2.24, 2.45) is 0 Å². The fourth-order valence-electron chi connectivity index (χ4n) is 1.56. The topological polar surface area (TPSA) is 117 Å². The molecule has 0 aliphatic carbocycles. The van der Waals surface area contributed by atoms with Crippen LogP contribution in [0.2, 0.25) is 0 Å². The third-order valence-electron chi connectivity index (χ3n) is 2.52. The van der Waals surface area contributed by atoms with Crippen LogP contribution in [0.3, 0.4) is 0 Å². The molecule has 0 aliphatic heterocycles. The first-order chi connectivity index (χ1) is 9.58. The van der Waals surface area contributed by atoms with Crippen LogP contribution in [0.25, 0.3) is 0 Å². The van der Waals surface area contributed by atoms with Crippen LogP contribution >= 0.6 is 0 Å². The molecule has 2 aromatic rings. The molecule has 0 bridgehead atoms. The van der Waals surface area contributed by atoms with Gasteiger partial charge >= 0.3 is 12.0 Å². The number of carboxylic acids is 1. The van der Waals surface area contributed by atoms with E-state index in [0.717, 1.165) is 0 Å². The third kappa shape index (κ3) is 3.05. The summed E-state index contributed by atoms with van der Waals surface area (Å²) in [6.45, 7) is 1.61. The number of carboxylic acid groups (broad SMARTS) is 1. The average molecular weight is 273 g/mol. The zero-order valence-electron chi connectivity index (χ0n) is 10.5. The number of carbonyl (C=O) groups excluding carboxylic acids is 1. The van der Waals surface area contributed by atoms with E-state index < -0.39 is 12.0 Å². The van der Waals surface area contributed by atoms with E-state index in [1.165, 1.54) is 18.5 Å². The highest BCUT2D eigenvalue weighted by atomic mass is 16.4. The Bertz CT molecular complexity index is 645. The van der Waals surface area contributed by atoms with Gasteiger partial charge in [-0.1, -0.05) is 6.07 Å². The summed E-state index contributed by atoms with van der Waals surface area (Å²) in [7, 11) is 0. The number of urea groups is 1. The summed E-state index contributed by atoms with van der Waals surface area (Å²) in [5, 5.41) is 21.1. The van der Waals surface area contributed by atoms with E-state index in [0.29, 0.717) is 11.3 Å². The zero-order chi connectivity index (χ0) is 14.5. The van der Waals surface area contributed by atoms with E-state index in [-0.39, 0.29) is 11.5 Å². The molecule has 0 fully saturated rings. The Morgan fingerprint density at radius 1 is 1.20 bits per heavy atom. The van der Waals surface area contributed by atoms with Gasteiger partial charge in [0.2, 0.25) is 0 Å². The molecule has 0 atom stereocenters. The number of rotatable bonds is 3. The maximum atomic E-state index is 11.7. The molecule has 0 spiro atoms. The molecule has 8 nitrogen and oxygen atoms in total. The Hall–Kier alpha value is -3.03. The third-order valence-corrected chi connectivity index (χ3v) is 2.52. The van der Waals surface area contributed by atoms with Crippen LogP contribution in [0.5, 0.6) is 0 Å². The summed E-state index contributed by atoms with van der Waals surface area (Å²) in [4.78, 5) is 26.5. The van der Waals surface area contributed by atoms with Crippen molar-refractivity contribution in [3.05, 3.63) is 41.7 Å². The number of aromatic carboxylic acids is 1. The molecular formula is C12H11N5O3. The van der Waals surface area contributed by atoms with Gasteiger partial charge in [-0.2, -0.15) is 5.10 Å². The van der Waals surface area contributed by atoms with Crippen molar-refractivity contribution in [1.29, 1.82) is 0 Å². The second-order valence-electron chi connectivity index (χ2n) is 3.83. The molecule has 1 aromatic carbocycles. The highest BCUT2D eigenvalue weighted by molar-refractivity contribution is 6.00. The van der Waals surface area contributed by atoms with Gasteiger partial charge in [0, 0.05) is 5.69 Å². The average Bonchev–Trinajstić information content (AvgIpc) is 2.42. The Balaban J connectivity index is 2.12. The van der Waals surface area contributed by atoms with Crippen molar-refractivity contribution < 1.29 is 14.7 Å². The van der Waals surface area contributed by atoms with Gasteiger partial charge in [-0.05, 0) is 24.6 Å². The van der Waals surface area contributed by atoms with Crippen LogP contribution in [0.4, 0.5) is 16.4 Å². The van der Waals surface area contributed by atoms with Gasteiger partial charge < -0.3 is 10.4 Å². The van der Waals surface area contributed by atoms with E-state index in [9.17, 15) is 9.59 Å². The number of benzene rings is 1. The fourth-order valence-corrected chi connectivity index (χ4v) is 1.56. The van der Waals surface area contributed by atoms with Crippen molar-refractivity contribution in [3.63, 3.8) is 0 Å². The predicted molar refractivity (Wildman–Crippen MR) is 70.6 cm³/mol. The minimum Gasteiger partial charge on any atom is -0.478 e. The first-order valence-electron chi connectivity index (χ1n) is 5.62. The van der Waals surface area contributed by atoms with Gasteiger partial charge in [0.05, 0.1) is 18.0 Å². The second kappa shape index (κ2) is 5.74. The minimum atomic E-state index is -1.05. The lowest BCUT2D eigenvalue weighted by molar-refractivity contribution is 0.0696. The van der Waals surface area contributed by atoms with E-state index in [1.54, 1.807) is 19.1 Å². The van der Waals surface area contributed by atoms with Gasteiger partial charge in [-0.25, -0.2) is 14.6 Å². The van der Waals surface area contributed by atoms with Gasteiger partial charge in [-0.15, -0.1) is 5.10 Å². The maximum absolute atomic E-state index is 11.7. The molecule has 20 heavy (non-hydrogen) atoms. The van der Waals surface area contributed by atoms with Crippen molar-refractivity contribution >= 4 is 23.6 Å². The monoisotopic (exact) mass is 273 g/mol. The Morgan fingerprint density at radius 2 is 2.00 bits per heavy atom. The smallest absolute Gasteiger partial charge is 0.336 e. The SMILES string of the molecule is Cc1c(NC(=O)Nc2nccnn2)cccc1C(=O)O. The maximum Gasteiger partial charge on any atom is 0.336 e. The quantitative estimate of drug-likeness (QED) is 0.780. The lowest BCUT2D eigenvalue weighted by Crippen LogP contribution is -2.22. The van der Waals surface area contributed by atoms with E-state index in [1.807, 2.05) is 0 Å². The number of aromatic nitrogens is 3. The fraction of sp³-hybridized carbons (Fsp3) is 0.0833. The Kier molecular flexibility index (Phi) is 3.85. The van der Waals surface area contributed by atoms with Gasteiger partial charge in [-0.3, -0.25) is 5.32 Å². The molecule has 8 heteroatoms. The summed E-state index contributed by atoms with van der Waals surface area (Å²) in [5.41, 5.74) is 0.981. The first kappa shape index (κ1) is 13.4. The van der Waals surface area contributed by atoms with E-state index in [2.05, 4.69) is 25.8 Å². The highest BCUT2D eigenvalue weighted by Gasteiger charge is 2.12. The summed E-state index contributed by atoms with van der Waals surface area (Å²) in [6.07, 6.45) is 2.77. The Labute approximate surface area is 113 Å². The zero-order valence-corrected chi connectivity index (χ0v) is 10.5. The highest BCUT2D eigenvalue weighted by Crippen LogP contribution is 2.19. The molecule has 3 N–H and O–H groups in total. The van der Waals surface area contributed by atoms with Crippen LogP contribution in [0.15, 0.2) is 30.6 Å². The second-order valence-corrected chi connectivity index (χ2v) is 3.83. The summed E-state index contributed by atoms with van der Waals surface area (Å²) >= 11 is 0. The molecule has 0 saturated heterocycles. The number of carbonyl (C=O) groups is 2. The lowest BCUT2D eigenvalue weighted by Gasteiger charge is -2.10. The molecule has 0 unspecified atom stereocenters. The van der Waals surface area contributed by atoms with Crippen LogP contribution in [0.1, 0.15) is 15.9 Å². The number of hydrogen-bond acceptors (Lipinski definition) is 5. The Morgan fingerprint density at radius 3 is 2.65 bits per heavy atom. The number of hydrogen-bond donors (Lipinski definition) is 3. The van der Waals surface area contributed by atoms with Crippen LogP contribution in [0, 0.1) is 6.92 Å². The van der Waals surface area contributed by atoms with E-state index >= 15 is 0 Å². The molecule has 2 rings (SSSR count). The molecular weight excluding hydrogens is 262 g/mol. The summed E-state index contributed by atoms with van der Waals surface area (Å²) in [6, 6.07) is 4.03. The lowest BCUT2D eigenvalue weighted by atomic mass is 10.1. The van der Waals surface area contributed by atoms with Crippen molar-refractivity contribution in [2.75, 3.05) is 10.6 Å². The number of amides is 2. The summed E-state index contributed by atoms with van der Waals surface area (Å²) < 4.78 is 0. The van der Waals surface area contributed by atoms with Crippen molar-refractivity contribution in [1.82, 2.24) is 15.2 Å². The number of anilines is 2. The van der Waals surface area contributed by atoms with Gasteiger partial charge in [0.15, 0.2) is 0 Å². The molecule has 0 saturated carbocycles. The molecule has 0 radical (unpaired) electrons. The number of nitrogens with zero attached hydrogens (tertiary/aromatic N) is 3. The van der Waals surface area contributed by atoms with Crippen molar-refractivity contribution in [2.45, 2.75) is 6.92 Å². The van der Waals surface area contributed by atoms with Gasteiger partial charge in [0.25, 0.3) is 5.95 Å². The summed E-state index contributed by atoms with van der Waals surface area (Å²) in [5.74, 6) is -1.00. The molecule has 1 heterocycles. The first-order valence-corrected chi connectivity index (χ1v) is 5.62. The molecule has 2 amide bonds. The van der Waals surface area contributed by atoms with Gasteiger partial charge in [0.1, 0.15) is 0 Å². The van der Waals surface area contributed by atoms with Crippen molar-refractivity contribution in [3.8, 4) is 0 Å². The van der Waals surface area contributed by atoms with Crippen LogP contribution < -0.4 is 10.6 Å². The predicted octanol–water partition coefficient (Wildman–Crippen LogP) is 1.52. The molecule has 1 aromatic heterocycles. The standard InChI is InChI=1S/C12H11N5O3/c1-7-8(10(18)19)3-2-4-9(7)15-12(20)16-11-13-5-6-14-17-11/h2-6H,1H3,(H,18,19)(H2,13,15,16,17,20). The van der Waals surface area contributed by atoms with E-state index in [4.69, 9.17) is 5.11 Å². The van der Waals surface area contributed by atoms with Crippen LogP contribution in [-0.4, -0.2) is 32.3 Å². The van der Waals surface area contributed by atoms with Crippen LogP contribution in [-0.2, 0) is 0 Å². The normalized spacial score (nSPS) is 9.85. The molecule has 102 valence electrons. The minimum absolute atomic E-state index is 0.0528.